The fourth-order valence-electron chi connectivity index (χ4n) is 2.24. The van der Waals surface area contributed by atoms with Gasteiger partial charge in [0.2, 0.25) is 5.16 Å². The molecule has 3 aromatic rings. The molecule has 0 aliphatic heterocycles. The number of nitrogens with zero attached hydrogens (tertiary/aromatic N) is 2. The molecular formula is C17H15BrClN3O2S. The zero-order valence-electron chi connectivity index (χ0n) is 13.5. The number of thioether (sulfide) groups is 1. The zero-order chi connectivity index (χ0) is 17.8. The molecule has 1 N–H and O–H groups in total. The summed E-state index contributed by atoms with van der Waals surface area (Å²) in [6, 6.07) is 11.4. The second-order valence-corrected chi connectivity index (χ2v) is 7.30. The van der Waals surface area contributed by atoms with Gasteiger partial charge in [0, 0.05) is 10.8 Å². The Morgan fingerprint density at radius 3 is 2.60 bits per heavy atom. The number of nitrogens with one attached hydrogen (secondary N) is 1. The number of hydrogen-bond donors (Lipinski definition) is 1. The Balaban J connectivity index is 1.74. The number of aromatic amines is 1. The van der Waals surface area contributed by atoms with Crippen LogP contribution in [0.4, 0.5) is 0 Å². The fourth-order valence-corrected chi connectivity index (χ4v) is 3.75. The van der Waals surface area contributed by atoms with Gasteiger partial charge in [0.25, 0.3) is 0 Å². The van der Waals surface area contributed by atoms with E-state index in [1.807, 2.05) is 24.3 Å². The van der Waals surface area contributed by atoms with Gasteiger partial charge in [-0.2, -0.15) is 0 Å². The van der Waals surface area contributed by atoms with Crippen LogP contribution in [0.5, 0.6) is 11.5 Å². The minimum Gasteiger partial charge on any atom is -0.496 e. The molecule has 0 aliphatic rings. The predicted molar refractivity (Wildman–Crippen MR) is 104 cm³/mol. The van der Waals surface area contributed by atoms with E-state index >= 15 is 0 Å². The summed E-state index contributed by atoms with van der Waals surface area (Å²) in [5.41, 5.74) is 1.92. The lowest BCUT2D eigenvalue weighted by atomic mass is 10.2. The Kier molecular flexibility index (Phi) is 5.88. The van der Waals surface area contributed by atoms with Gasteiger partial charge in [0.05, 0.1) is 24.3 Å². The number of aromatic nitrogens is 3. The van der Waals surface area contributed by atoms with E-state index in [0.717, 1.165) is 27.1 Å². The third-order valence-corrected chi connectivity index (χ3v) is 5.24. The van der Waals surface area contributed by atoms with Crippen molar-refractivity contribution in [1.29, 1.82) is 0 Å². The van der Waals surface area contributed by atoms with Gasteiger partial charge in [0.15, 0.2) is 5.82 Å². The standard InChI is InChI=1S/C17H15BrClN3O2S/c1-23-14-6-4-11(19)8-12(14)16-20-17(22-21-16)25-9-10-3-5-15(24-2)13(18)7-10/h3-8H,9H2,1-2H3,(H,20,21,22). The molecule has 0 atom stereocenters. The molecule has 2 aromatic carbocycles. The normalized spacial score (nSPS) is 10.7. The third kappa shape index (κ3) is 4.29. The molecular weight excluding hydrogens is 426 g/mol. The topological polar surface area (TPSA) is 60.0 Å². The van der Waals surface area contributed by atoms with E-state index in [-0.39, 0.29) is 0 Å². The van der Waals surface area contributed by atoms with Crippen LogP contribution >= 0.6 is 39.3 Å². The van der Waals surface area contributed by atoms with Crippen molar-refractivity contribution in [3.63, 3.8) is 0 Å². The number of ether oxygens (including phenoxy) is 2. The summed E-state index contributed by atoms with van der Waals surface area (Å²) in [6.07, 6.45) is 0. The highest BCUT2D eigenvalue weighted by Crippen LogP contribution is 2.32. The van der Waals surface area contributed by atoms with E-state index in [9.17, 15) is 0 Å². The SMILES string of the molecule is COc1ccc(CSc2n[nH]c(-c3cc(Cl)ccc3OC)n2)cc1Br. The summed E-state index contributed by atoms with van der Waals surface area (Å²) in [4.78, 5) is 4.52. The molecule has 0 spiro atoms. The summed E-state index contributed by atoms with van der Waals surface area (Å²) in [5, 5.41) is 8.47. The van der Waals surface area contributed by atoms with Crippen LogP contribution in [0, 0.1) is 0 Å². The lowest BCUT2D eigenvalue weighted by molar-refractivity contribution is 0.412. The first-order valence-electron chi connectivity index (χ1n) is 7.32. The van der Waals surface area contributed by atoms with Crippen molar-refractivity contribution < 1.29 is 9.47 Å². The van der Waals surface area contributed by atoms with Crippen LogP contribution in [0.25, 0.3) is 11.4 Å². The summed E-state index contributed by atoms with van der Waals surface area (Å²) in [5.74, 6) is 2.86. The fraction of sp³-hybridized carbons (Fsp3) is 0.176. The average molecular weight is 441 g/mol. The van der Waals surface area contributed by atoms with Crippen molar-refractivity contribution in [2.24, 2.45) is 0 Å². The van der Waals surface area contributed by atoms with E-state index in [2.05, 4.69) is 31.1 Å². The van der Waals surface area contributed by atoms with Gasteiger partial charge in [-0.3, -0.25) is 5.10 Å². The van der Waals surface area contributed by atoms with Crippen LogP contribution in [-0.4, -0.2) is 29.4 Å². The van der Waals surface area contributed by atoms with Gasteiger partial charge < -0.3 is 9.47 Å². The molecule has 130 valence electrons. The van der Waals surface area contributed by atoms with Crippen molar-refractivity contribution in [2.45, 2.75) is 10.9 Å². The molecule has 0 amide bonds. The second kappa shape index (κ2) is 8.12. The molecule has 0 saturated heterocycles. The van der Waals surface area contributed by atoms with Crippen LogP contribution < -0.4 is 9.47 Å². The first kappa shape index (κ1) is 18.1. The number of methoxy groups -OCH3 is 2. The van der Waals surface area contributed by atoms with Crippen molar-refractivity contribution in [3.8, 4) is 22.9 Å². The molecule has 3 rings (SSSR count). The van der Waals surface area contributed by atoms with Crippen LogP contribution in [0.1, 0.15) is 5.56 Å². The smallest absolute Gasteiger partial charge is 0.209 e. The molecule has 0 radical (unpaired) electrons. The van der Waals surface area contributed by atoms with E-state index in [0.29, 0.717) is 21.8 Å². The van der Waals surface area contributed by atoms with Crippen molar-refractivity contribution in [2.75, 3.05) is 14.2 Å². The first-order chi connectivity index (χ1) is 12.1. The van der Waals surface area contributed by atoms with Crippen molar-refractivity contribution >= 4 is 39.3 Å². The summed E-state index contributed by atoms with van der Waals surface area (Å²) >= 11 is 11.1. The lowest BCUT2D eigenvalue weighted by Crippen LogP contribution is -1.89. The maximum Gasteiger partial charge on any atom is 0.209 e. The molecule has 0 saturated carbocycles. The van der Waals surface area contributed by atoms with Crippen LogP contribution in [0.2, 0.25) is 5.02 Å². The maximum absolute atomic E-state index is 6.07. The van der Waals surface area contributed by atoms with Gasteiger partial charge in [0.1, 0.15) is 11.5 Å². The molecule has 5 nitrogen and oxygen atoms in total. The molecule has 8 heteroatoms. The summed E-state index contributed by atoms with van der Waals surface area (Å²) in [6.45, 7) is 0. The first-order valence-corrected chi connectivity index (χ1v) is 9.48. The monoisotopic (exact) mass is 439 g/mol. The van der Waals surface area contributed by atoms with Gasteiger partial charge in [-0.05, 0) is 51.8 Å². The Hall–Kier alpha value is -1.70. The zero-order valence-corrected chi connectivity index (χ0v) is 16.7. The highest BCUT2D eigenvalue weighted by atomic mass is 79.9. The number of halogens is 2. The quantitative estimate of drug-likeness (QED) is 0.534. The number of H-pyrrole nitrogens is 1. The molecule has 0 unspecified atom stereocenters. The van der Waals surface area contributed by atoms with Gasteiger partial charge in [-0.15, -0.1) is 5.10 Å². The minimum atomic E-state index is 0.615. The minimum absolute atomic E-state index is 0.615. The molecule has 1 aromatic heterocycles. The molecule has 25 heavy (non-hydrogen) atoms. The van der Waals surface area contributed by atoms with Crippen molar-refractivity contribution in [3.05, 3.63) is 51.5 Å². The highest BCUT2D eigenvalue weighted by molar-refractivity contribution is 9.10. The Morgan fingerprint density at radius 1 is 1.12 bits per heavy atom. The largest absolute Gasteiger partial charge is 0.496 e. The lowest BCUT2D eigenvalue weighted by Gasteiger charge is -2.06. The predicted octanol–water partition coefficient (Wildman–Crippen LogP) is 5.20. The number of benzene rings is 2. The Morgan fingerprint density at radius 2 is 1.88 bits per heavy atom. The summed E-state index contributed by atoms with van der Waals surface area (Å²) < 4.78 is 11.5. The second-order valence-electron chi connectivity index (χ2n) is 5.07. The van der Waals surface area contributed by atoms with Crippen LogP contribution in [-0.2, 0) is 5.75 Å². The Labute approximate surface area is 163 Å². The number of rotatable bonds is 6. The van der Waals surface area contributed by atoms with Crippen LogP contribution in [0.15, 0.2) is 46.0 Å². The van der Waals surface area contributed by atoms with E-state index in [1.54, 1.807) is 26.4 Å². The summed E-state index contributed by atoms with van der Waals surface area (Å²) in [7, 11) is 3.26. The van der Waals surface area contributed by atoms with Gasteiger partial charge in [-0.25, -0.2) is 4.98 Å². The third-order valence-electron chi connectivity index (χ3n) is 3.47. The molecule has 0 fully saturated rings. The van der Waals surface area contributed by atoms with E-state index < -0.39 is 0 Å². The average Bonchev–Trinajstić information content (AvgIpc) is 3.09. The van der Waals surface area contributed by atoms with E-state index in [4.69, 9.17) is 21.1 Å². The van der Waals surface area contributed by atoms with Gasteiger partial charge in [-0.1, -0.05) is 29.4 Å². The van der Waals surface area contributed by atoms with Crippen molar-refractivity contribution in [1.82, 2.24) is 15.2 Å². The Bertz CT molecular complexity index is 888. The number of hydrogen-bond acceptors (Lipinski definition) is 5. The van der Waals surface area contributed by atoms with Crippen LogP contribution in [0.3, 0.4) is 0 Å². The highest BCUT2D eigenvalue weighted by Gasteiger charge is 2.12. The molecule has 1 heterocycles. The molecule has 0 aliphatic carbocycles. The van der Waals surface area contributed by atoms with Gasteiger partial charge >= 0.3 is 0 Å². The van der Waals surface area contributed by atoms with E-state index in [1.165, 1.54) is 11.8 Å². The maximum atomic E-state index is 6.07. The molecule has 0 bridgehead atoms.